The summed E-state index contributed by atoms with van der Waals surface area (Å²) in [5.41, 5.74) is 1.21. The molecule has 0 saturated carbocycles. The zero-order valence-corrected chi connectivity index (χ0v) is 18.5. The Kier molecular flexibility index (Phi) is 6.26. The lowest BCUT2D eigenvalue weighted by atomic mass is 10.2. The molecule has 30 heavy (non-hydrogen) atoms. The smallest absolute Gasteiger partial charge is 0.243 e. The van der Waals surface area contributed by atoms with Crippen molar-refractivity contribution in [2.24, 2.45) is 0 Å². The lowest BCUT2D eigenvalue weighted by Gasteiger charge is -2.34. The lowest BCUT2D eigenvalue weighted by Crippen LogP contribution is -2.48. The Morgan fingerprint density at radius 1 is 0.600 bits per heavy atom. The average Bonchev–Trinajstić information content (AvgIpc) is 3.31. The van der Waals surface area contributed by atoms with Crippen LogP contribution < -0.4 is 0 Å². The van der Waals surface area contributed by atoms with E-state index in [9.17, 15) is 16.8 Å². The molecule has 7 nitrogen and oxygen atoms in total. The van der Waals surface area contributed by atoms with Gasteiger partial charge >= 0.3 is 0 Å². The van der Waals surface area contributed by atoms with Crippen molar-refractivity contribution in [3.8, 4) is 0 Å². The number of hydrogen-bond acceptors (Lipinski definition) is 5. The molecule has 0 spiro atoms. The van der Waals surface area contributed by atoms with Gasteiger partial charge in [0.1, 0.15) is 0 Å². The van der Waals surface area contributed by atoms with Gasteiger partial charge in [-0.3, -0.25) is 4.90 Å². The van der Waals surface area contributed by atoms with Crippen LogP contribution in [-0.2, 0) is 26.6 Å². The third-order valence-electron chi connectivity index (χ3n) is 5.74. The van der Waals surface area contributed by atoms with E-state index in [-0.39, 0.29) is 9.79 Å². The molecule has 0 bridgehead atoms. The van der Waals surface area contributed by atoms with Gasteiger partial charge in [-0.15, -0.1) is 0 Å². The molecular weight excluding hydrogens is 422 g/mol. The fourth-order valence-electron chi connectivity index (χ4n) is 3.98. The van der Waals surface area contributed by atoms with Crippen LogP contribution >= 0.6 is 0 Å². The first-order chi connectivity index (χ1) is 14.4. The minimum absolute atomic E-state index is 0.138. The van der Waals surface area contributed by atoms with Crippen molar-refractivity contribution in [1.82, 2.24) is 13.5 Å². The zero-order valence-electron chi connectivity index (χ0n) is 16.9. The fourth-order valence-corrected chi connectivity index (χ4v) is 6.92. The molecule has 0 radical (unpaired) electrons. The van der Waals surface area contributed by atoms with Crippen LogP contribution in [0.2, 0.25) is 0 Å². The Hall–Kier alpha value is -1.78. The Bertz CT molecular complexity index is 1060. The minimum Gasteiger partial charge on any atom is -0.296 e. The molecule has 0 N–H and O–H groups in total. The van der Waals surface area contributed by atoms with E-state index in [2.05, 4.69) is 17.0 Å². The number of piperazine rings is 1. The summed E-state index contributed by atoms with van der Waals surface area (Å²) in [6, 6.07) is 15.8. The quantitative estimate of drug-likeness (QED) is 0.674. The van der Waals surface area contributed by atoms with Crippen LogP contribution in [0, 0.1) is 0 Å². The van der Waals surface area contributed by atoms with Crippen LogP contribution in [0.15, 0.2) is 64.4 Å². The predicted molar refractivity (Wildman–Crippen MR) is 115 cm³/mol. The molecule has 2 fully saturated rings. The van der Waals surface area contributed by atoms with E-state index in [1.807, 2.05) is 18.2 Å². The highest BCUT2D eigenvalue weighted by molar-refractivity contribution is 7.89. The molecule has 0 aliphatic carbocycles. The third kappa shape index (κ3) is 4.45. The second kappa shape index (κ2) is 8.76. The molecule has 2 saturated heterocycles. The number of benzene rings is 2. The highest BCUT2D eigenvalue weighted by atomic mass is 32.2. The molecule has 9 heteroatoms. The summed E-state index contributed by atoms with van der Waals surface area (Å²) < 4.78 is 54.3. The van der Waals surface area contributed by atoms with E-state index in [0.717, 1.165) is 19.4 Å². The van der Waals surface area contributed by atoms with Crippen LogP contribution in [0.3, 0.4) is 0 Å². The van der Waals surface area contributed by atoms with Crippen molar-refractivity contribution in [2.75, 3.05) is 39.3 Å². The molecule has 2 aromatic carbocycles. The SMILES string of the molecule is O=S(=O)(c1ccc(S(=O)(=O)N2CCN(Cc3ccccc3)CC2)cc1)N1CCCC1. The monoisotopic (exact) mass is 449 g/mol. The molecule has 0 amide bonds. The van der Waals surface area contributed by atoms with Crippen molar-refractivity contribution in [3.05, 3.63) is 60.2 Å². The third-order valence-corrected chi connectivity index (χ3v) is 9.57. The molecule has 4 rings (SSSR count). The Morgan fingerprint density at radius 3 is 1.57 bits per heavy atom. The summed E-state index contributed by atoms with van der Waals surface area (Å²) in [6.45, 7) is 4.01. The second-order valence-electron chi connectivity index (χ2n) is 7.75. The van der Waals surface area contributed by atoms with Crippen molar-refractivity contribution in [2.45, 2.75) is 29.2 Å². The van der Waals surface area contributed by atoms with E-state index in [1.165, 1.54) is 38.4 Å². The van der Waals surface area contributed by atoms with E-state index in [1.54, 1.807) is 0 Å². The maximum atomic E-state index is 13.0. The normalized spacial score (nSPS) is 19.9. The topological polar surface area (TPSA) is 78.0 Å². The Balaban J connectivity index is 1.41. The van der Waals surface area contributed by atoms with Crippen LogP contribution in [0.25, 0.3) is 0 Å². The number of rotatable bonds is 6. The lowest BCUT2D eigenvalue weighted by molar-refractivity contribution is 0.181. The summed E-state index contributed by atoms with van der Waals surface area (Å²) in [5.74, 6) is 0. The second-order valence-corrected chi connectivity index (χ2v) is 11.6. The van der Waals surface area contributed by atoms with Crippen LogP contribution in [0.5, 0.6) is 0 Å². The molecule has 2 aliphatic rings. The highest BCUT2D eigenvalue weighted by Crippen LogP contribution is 2.24. The van der Waals surface area contributed by atoms with Gasteiger partial charge in [0.15, 0.2) is 0 Å². The van der Waals surface area contributed by atoms with Gasteiger partial charge in [-0.25, -0.2) is 16.8 Å². The van der Waals surface area contributed by atoms with Gasteiger partial charge in [-0.1, -0.05) is 30.3 Å². The van der Waals surface area contributed by atoms with Crippen LogP contribution in [0.4, 0.5) is 0 Å². The van der Waals surface area contributed by atoms with Gasteiger partial charge in [0.05, 0.1) is 9.79 Å². The highest BCUT2D eigenvalue weighted by Gasteiger charge is 2.30. The van der Waals surface area contributed by atoms with E-state index >= 15 is 0 Å². The average molecular weight is 450 g/mol. The maximum Gasteiger partial charge on any atom is 0.243 e. The van der Waals surface area contributed by atoms with Gasteiger partial charge < -0.3 is 0 Å². The maximum absolute atomic E-state index is 13.0. The van der Waals surface area contributed by atoms with Gasteiger partial charge in [0.25, 0.3) is 0 Å². The van der Waals surface area contributed by atoms with E-state index < -0.39 is 20.0 Å². The van der Waals surface area contributed by atoms with Crippen molar-refractivity contribution < 1.29 is 16.8 Å². The summed E-state index contributed by atoms with van der Waals surface area (Å²) in [4.78, 5) is 2.53. The number of hydrogen-bond donors (Lipinski definition) is 0. The van der Waals surface area contributed by atoms with Crippen LogP contribution in [-0.4, -0.2) is 69.6 Å². The summed E-state index contributed by atoms with van der Waals surface area (Å²) in [7, 11) is -7.19. The van der Waals surface area contributed by atoms with Gasteiger partial charge in [-0.2, -0.15) is 8.61 Å². The zero-order chi connectivity index (χ0) is 21.2. The van der Waals surface area contributed by atoms with Crippen molar-refractivity contribution >= 4 is 20.0 Å². The van der Waals surface area contributed by atoms with Crippen molar-refractivity contribution in [3.63, 3.8) is 0 Å². The number of nitrogens with zero attached hydrogens (tertiary/aromatic N) is 3. The molecular formula is C21H27N3O4S2. The molecule has 162 valence electrons. The summed E-state index contributed by atoms with van der Waals surface area (Å²) >= 11 is 0. The Labute approximate surface area is 179 Å². The molecule has 0 aromatic heterocycles. The van der Waals surface area contributed by atoms with Gasteiger partial charge in [0, 0.05) is 45.8 Å². The fraction of sp³-hybridized carbons (Fsp3) is 0.429. The van der Waals surface area contributed by atoms with E-state index in [0.29, 0.717) is 39.3 Å². The van der Waals surface area contributed by atoms with Crippen molar-refractivity contribution in [1.29, 1.82) is 0 Å². The molecule has 0 unspecified atom stereocenters. The first-order valence-corrected chi connectivity index (χ1v) is 13.1. The standard InChI is InChI=1S/C21H27N3O4S2/c25-29(26,23-12-4-5-13-23)20-8-10-21(11-9-20)30(27,28)24-16-14-22(15-17-24)18-19-6-2-1-3-7-19/h1-3,6-11H,4-5,12-18H2. The van der Waals surface area contributed by atoms with Crippen LogP contribution in [0.1, 0.15) is 18.4 Å². The first-order valence-electron chi connectivity index (χ1n) is 10.2. The molecule has 2 aliphatic heterocycles. The predicted octanol–water partition coefficient (Wildman–Crippen LogP) is 1.98. The summed E-state index contributed by atoms with van der Waals surface area (Å²) in [5, 5.41) is 0. The van der Waals surface area contributed by atoms with Gasteiger partial charge in [-0.05, 0) is 42.7 Å². The summed E-state index contributed by atoms with van der Waals surface area (Å²) in [6.07, 6.45) is 1.73. The minimum atomic E-state index is -3.64. The largest absolute Gasteiger partial charge is 0.296 e. The Morgan fingerprint density at radius 2 is 1.07 bits per heavy atom. The first kappa shape index (κ1) is 21.5. The van der Waals surface area contributed by atoms with Gasteiger partial charge in [0.2, 0.25) is 20.0 Å². The molecule has 2 aromatic rings. The number of sulfonamides is 2. The molecule has 2 heterocycles. The van der Waals surface area contributed by atoms with E-state index in [4.69, 9.17) is 0 Å². The molecule has 0 atom stereocenters.